The van der Waals surface area contributed by atoms with E-state index in [1.54, 1.807) is 14.0 Å². The molecule has 1 aromatic carbocycles. The molecule has 2 atom stereocenters. The second kappa shape index (κ2) is 7.11. The van der Waals surface area contributed by atoms with Gasteiger partial charge in [0.2, 0.25) is 0 Å². The predicted octanol–water partition coefficient (Wildman–Crippen LogP) is 1.81. The summed E-state index contributed by atoms with van der Waals surface area (Å²) < 4.78 is 0. The molecule has 1 aromatic rings. The first-order valence-electron chi connectivity index (χ1n) is 6.41. The predicted molar refractivity (Wildman–Crippen MR) is 77.2 cm³/mol. The molecule has 106 valence electrons. The summed E-state index contributed by atoms with van der Waals surface area (Å²) in [5.41, 5.74) is 1.91. The number of rotatable bonds is 5. The Morgan fingerprint density at radius 1 is 1.32 bits per heavy atom. The molecule has 0 aromatic heterocycles. The summed E-state index contributed by atoms with van der Waals surface area (Å²) in [6, 6.07) is 7.75. The van der Waals surface area contributed by atoms with E-state index in [-0.39, 0.29) is 12.1 Å². The molecule has 2 unspecified atom stereocenters. The largest absolute Gasteiger partial charge is 0.392 e. The molecule has 0 saturated carbocycles. The summed E-state index contributed by atoms with van der Waals surface area (Å²) in [7, 11) is 3.56. The van der Waals surface area contributed by atoms with E-state index >= 15 is 0 Å². The van der Waals surface area contributed by atoms with Gasteiger partial charge < -0.3 is 20.6 Å². The first kappa shape index (κ1) is 15.5. The standard InChI is InChI=1S/C14H23N3O2/c1-10(18)9-17(4)14(19)16-13-7-5-12(6-8-13)11(2)15-3/h5-8,10-11,15,18H,9H2,1-4H3,(H,16,19). The van der Waals surface area contributed by atoms with E-state index < -0.39 is 6.10 Å². The summed E-state index contributed by atoms with van der Waals surface area (Å²) in [4.78, 5) is 13.3. The van der Waals surface area contributed by atoms with Crippen molar-refractivity contribution in [3.8, 4) is 0 Å². The number of nitrogens with zero attached hydrogens (tertiary/aromatic N) is 1. The van der Waals surface area contributed by atoms with Gasteiger partial charge in [0, 0.05) is 25.3 Å². The lowest BCUT2D eigenvalue weighted by atomic mass is 10.1. The van der Waals surface area contributed by atoms with Gasteiger partial charge in [-0.05, 0) is 38.6 Å². The quantitative estimate of drug-likeness (QED) is 0.761. The molecular formula is C14H23N3O2. The number of benzene rings is 1. The number of likely N-dealkylation sites (N-methyl/N-ethyl adjacent to an activating group) is 1. The molecule has 5 heteroatoms. The van der Waals surface area contributed by atoms with E-state index in [4.69, 9.17) is 0 Å². The lowest BCUT2D eigenvalue weighted by Gasteiger charge is -2.19. The van der Waals surface area contributed by atoms with E-state index in [9.17, 15) is 9.90 Å². The minimum atomic E-state index is -0.533. The van der Waals surface area contributed by atoms with Gasteiger partial charge in [0.25, 0.3) is 0 Å². The molecule has 3 N–H and O–H groups in total. The molecule has 0 aliphatic carbocycles. The fraction of sp³-hybridized carbons (Fsp3) is 0.500. The summed E-state index contributed by atoms with van der Waals surface area (Å²) in [5.74, 6) is 0. The zero-order valence-electron chi connectivity index (χ0n) is 12.0. The van der Waals surface area contributed by atoms with Gasteiger partial charge in [0.05, 0.1) is 6.10 Å². The highest BCUT2D eigenvalue weighted by molar-refractivity contribution is 5.89. The van der Waals surface area contributed by atoms with Crippen molar-refractivity contribution in [3.63, 3.8) is 0 Å². The number of hydrogen-bond donors (Lipinski definition) is 3. The molecule has 2 amide bonds. The molecule has 0 spiro atoms. The minimum absolute atomic E-state index is 0.227. The van der Waals surface area contributed by atoms with Crippen LogP contribution in [0.2, 0.25) is 0 Å². The maximum Gasteiger partial charge on any atom is 0.321 e. The smallest absolute Gasteiger partial charge is 0.321 e. The molecule has 5 nitrogen and oxygen atoms in total. The van der Waals surface area contributed by atoms with Crippen LogP contribution in [-0.2, 0) is 0 Å². The van der Waals surface area contributed by atoms with E-state index in [0.717, 1.165) is 11.3 Å². The minimum Gasteiger partial charge on any atom is -0.392 e. The van der Waals surface area contributed by atoms with Gasteiger partial charge in [-0.25, -0.2) is 4.79 Å². The Kier molecular flexibility index (Phi) is 5.79. The van der Waals surface area contributed by atoms with E-state index in [1.165, 1.54) is 4.90 Å². The van der Waals surface area contributed by atoms with Gasteiger partial charge in [-0.2, -0.15) is 0 Å². The number of nitrogens with one attached hydrogen (secondary N) is 2. The highest BCUT2D eigenvalue weighted by Crippen LogP contribution is 2.15. The third-order valence-electron chi connectivity index (χ3n) is 2.98. The molecule has 0 heterocycles. The van der Waals surface area contributed by atoms with Crippen LogP contribution in [0.3, 0.4) is 0 Å². The molecule has 0 saturated heterocycles. The molecule has 1 rings (SSSR count). The molecule has 0 aliphatic rings. The summed E-state index contributed by atoms with van der Waals surface area (Å²) in [6.45, 7) is 4.03. The van der Waals surface area contributed by atoms with E-state index in [0.29, 0.717) is 6.54 Å². The average molecular weight is 265 g/mol. The topological polar surface area (TPSA) is 64.6 Å². The molecule has 19 heavy (non-hydrogen) atoms. The van der Waals surface area contributed by atoms with Crippen LogP contribution < -0.4 is 10.6 Å². The maximum absolute atomic E-state index is 11.8. The molecular weight excluding hydrogens is 242 g/mol. The van der Waals surface area contributed by atoms with Crippen LogP contribution in [0.5, 0.6) is 0 Å². The van der Waals surface area contributed by atoms with Gasteiger partial charge in [-0.1, -0.05) is 12.1 Å². The molecule has 0 radical (unpaired) electrons. The lowest BCUT2D eigenvalue weighted by molar-refractivity contribution is 0.149. The Bertz CT molecular complexity index is 404. The van der Waals surface area contributed by atoms with Gasteiger partial charge >= 0.3 is 6.03 Å². The summed E-state index contributed by atoms with van der Waals surface area (Å²) in [5, 5.41) is 15.2. The number of carbonyl (C=O) groups excluding carboxylic acids is 1. The van der Waals surface area contributed by atoms with Gasteiger partial charge in [0.15, 0.2) is 0 Å². The second-order valence-electron chi connectivity index (χ2n) is 4.79. The van der Waals surface area contributed by atoms with E-state index in [1.807, 2.05) is 31.3 Å². The zero-order valence-corrected chi connectivity index (χ0v) is 12.0. The van der Waals surface area contributed by atoms with Crippen LogP contribution in [0.15, 0.2) is 24.3 Å². The average Bonchev–Trinajstić information content (AvgIpc) is 2.37. The Morgan fingerprint density at radius 3 is 2.37 bits per heavy atom. The van der Waals surface area contributed by atoms with Crippen molar-refractivity contribution in [2.75, 3.05) is 26.0 Å². The van der Waals surface area contributed by atoms with Crippen molar-refractivity contribution in [2.45, 2.75) is 26.0 Å². The number of amides is 2. The first-order chi connectivity index (χ1) is 8.93. The highest BCUT2D eigenvalue weighted by atomic mass is 16.3. The number of anilines is 1. The number of urea groups is 1. The lowest BCUT2D eigenvalue weighted by Crippen LogP contribution is -2.36. The Hall–Kier alpha value is -1.59. The van der Waals surface area contributed by atoms with Gasteiger partial charge in [-0.3, -0.25) is 0 Å². The summed E-state index contributed by atoms with van der Waals surface area (Å²) in [6.07, 6.45) is -0.533. The number of aliphatic hydroxyl groups excluding tert-OH is 1. The van der Waals surface area contributed by atoms with Crippen LogP contribution in [-0.4, -0.2) is 42.8 Å². The normalized spacial score (nSPS) is 13.7. The maximum atomic E-state index is 11.8. The third-order valence-corrected chi connectivity index (χ3v) is 2.98. The monoisotopic (exact) mass is 265 g/mol. The van der Waals surface area contributed by atoms with Crippen LogP contribution in [0, 0.1) is 0 Å². The van der Waals surface area contributed by atoms with Crippen LogP contribution in [0.4, 0.5) is 10.5 Å². The first-order valence-corrected chi connectivity index (χ1v) is 6.41. The Balaban J connectivity index is 2.60. The molecule has 0 bridgehead atoms. The van der Waals surface area contributed by atoms with Crippen LogP contribution >= 0.6 is 0 Å². The van der Waals surface area contributed by atoms with Crippen LogP contribution in [0.25, 0.3) is 0 Å². The van der Waals surface area contributed by atoms with Gasteiger partial charge in [0.1, 0.15) is 0 Å². The third kappa shape index (κ3) is 4.89. The van der Waals surface area contributed by atoms with Crippen molar-refractivity contribution in [1.29, 1.82) is 0 Å². The fourth-order valence-corrected chi connectivity index (χ4v) is 1.72. The Labute approximate surface area is 114 Å². The molecule has 0 fully saturated rings. The zero-order chi connectivity index (χ0) is 14.4. The number of hydrogen-bond acceptors (Lipinski definition) is 3. The Morgan fingerprint density at radius 2 is 1.89 bits per heavy atom. The van der Waals surface area contributed by atoms with E-state index in [2.05, 4.69) is 17.6 Å². The fourth-order valence-electron chi connectivity index (χ4n) is 1.72. The number of aliphatic hydroxyl groups is 1. The highest BCUT2D eigenvalue weighted by Gasteiger charge is 2.11. The summed E-state index contributed by atoms with van der Waals surface area (Å²) >= 11 is 0. The van der Waals surface area contributed by atoms with Crippen molar-refractivity contribution in [1.82, 2.24) is 10.2 Å². The second-order valence-corrected chi connectivity index (χ2v) is 4.79. The van der Waals surface area contributed by atoms with Crippen molar-refractivity contribution >= 4 is 11.7 Å². The molecule has 0 aliphatic heterocycles. The SMILES string of the molecule is CNC(C)c1ccc(NC(=O)N(C)CC(C)O)cc1. The van der Waals surface area contributed by atoms with Crippen molar-refractivity contribution in [2.24, 2.45) is 0 Å². The van der Waals surface area contributed by atoms with Crippen molar-refractivity contribution in [3.05, 3.63) is 29.8 Å². The number of carbonyl (C=O) groups is 1. The van der Waals surface area contributed by atoms with Crippen molar-refractivity contribution < 1.29 is 9.90 Å². The van der Waals surface area contributed by atoms with Gasteiger partial charge in [-0.15, -0.1) is 0 Å². The van der Waals surface area contributed by atoms with Crippen LogP contribution in [0.1, 0.15) is 25.5 Å².